The highest BCUT2D eigenvalue weighted by Crippen LogP contribution is 2.66. The second kappa shape index (κ2) is 19.5. The maximum Gasteiger partial charge on any atom is -0.000717 e. The summed E-state index contributed by atoms with van der Waals surface area (Å²) in [4.78, 5) is 0. The van der Waals surface area contributed by atoms with Crippen LogP contribution in [0.5, 0.6) is 0 Å². The number of rotatable bonds is 6. The largest absolute Gasteiger partial charge is 0.0622 e. The molecule has 86 heavy (non-hydrogen) atoms. The maximum absolute atomic E-state index is 2.58. The molecule has 0 aromatic heterocycles. The van der Waals surface area contributed by atoms with E-state index in [0.29, 0.717) is 0 Å². The summed E-state index contributed by atoms with van der Waals surface area (Å²) in [7, 11) is 0. The van der Waals surface area contributed by atoms with E-state index in [1.54, 1.807) is 0 Å². The second-order valence-corrected chi connectivity index (χ2v) is 30.1. The van der Waals surface area contributed by atoms with E-state index >= 15 is 0 Å². The summed E-state index contributed by atoms with van der Waals surface area (Å²) in [6, 6.07) is 82.5. The third-order valence-electron chi connectivity index (χ3n) is 19.1. The summed E-state index contributed by atoms with van der Waals surface area (Å²) >= 11 is 0. The average Bonchev–Trinajstić information content (AvgIpc) is 1.50. The summed E-state index contributed by atoms with van der Waals surface area (Å²) < 4.78 is 0. The third kappa shape index (κ3) is 8.84. The first-order valence-corrected chi connectivity index (χ1v) is 31.3. The van der Waals surface area contributed by atoms with Crippen molar-refractivity contribution >= 4 is 32.3 Å². The Kier molecular flexibility index (Phi) is 12.5. The Balaban J connectivity index is 1.21. The lowest BCUT2D eigenvalue weighted by Gasteiger charge is -2.29. The van der Waals surface area contributed by atoms with Gasteiger partial charge in [-0.1, -0.05) is 310 Å². The van der Waals surface area contributed by atoms with Crippen molar-refractivity contribution < 1.29 is 0 Å². The van der Waals surface area contributed by atoms with Crippen LogP contribution in [0.15, 0.2) is 212 Å². The Morgan fingerprint density at radius 1 is 0.174 bits per heavy atom. The highest BCUT2D eigenvalue weighted by molar-refractivity contribution is 6.36. The van der Waals surface area contributed by atoms with Gasteiger partial charge in [-0.05, 0) is 205 Å². The zero-order valence-electron chi connectivity index (χ0n) is 53.2. The summed E-state index contributed by atoms with van der Waals surface area (Å²) in [5, 5.41) is 7.84. The molecule has 424 valence electrons. The van der Waals surface area contributed by atoms with Gasteiger partial charge in [0.05, 0.1) is 0 Å². The van der Waals surface area contributed by atoms with E-state index < -0.39 is 0 Å². The summed E-state index contributed by atoms with van der Waals surface area (Å²) in [6.45, 7) is 35.7. The fraction of sp³-hybridized carbons (Fsp3) is 0.233. The zero-order chi connectivity index (χ0) is 60.1. The maximum atomic E-state index is 2.58. The Bertz CT molecular complexity index is 4540. The van der Waals surface area contributed by atoms with E-state index in [4.69, 9.17) is 0 Å². The molecule has 0 aliphatic heterocycles. The number of hydrogen-bond donors (Lipinski definition) is 0. The number of hydrogen-bond acceptors (Lipinski definition) is 0. The topological polar surface area (TPSA) is 0 Å². The van der Waals surface area contributed by atoms with E-state index in [1.807, 2.05) is 0 Å². The molecule has 0 spiro atoms. The fourth-order valence-corrected chi connectivity index (χ4v) is 14.4. The molecule has 14 rings (SSSR count). The van der Waals surface area contributed by atoms with Crippen molar-refractivity contribution in [2.24, 2.45) is 0 Å². The van der Waals surface area contributed by atoms with Crippen molar-refractivity contribution in [1.29, 1.82) is 0 Å². The Labute approximate surface area is 511 Å². The standard InChI is InChI=1S/C86H80/c1-82(2,3)57-36-37-64-69(50-57)71(56-46-60(85(10,11)12)49-61(47-56)86(13,14)15)79-66-41-43-68-75-67(42-40-65(74(66)75)78(79)70(64)55-44-58(83(4,5)6)48-59(45-55)84(7,8)9)80-72(53-32-24-18-25-33-53)76-62(51-28-20-16-21-29-51)38-39-63(52-30-22-17-23-31-52)77(76)73(81(68)80)54-34-26-19-27-35-54/h16-50H,1-15H3. The first kappa shape index (κ1) is 55.3. The van der Waals surface area contributed by atoms with E-state index in [1.165, 1.54) is 171 Å². The van der Waals surface area contributed by atoms with E-state index in [0.717, 1.165) is 0 Å². The summed E-state index contributed by atoms with van der Waals surface area (Å²) in [5.74, 6) is 0. The lowest BCUT2D eigenvalue weighted by molar-refractivity contribution is 0.568. The fourth-order valence-electron chi connectivity index (χ4n) is 14.4. The first-order chi connectivity index (χ1) is 40.9. The van der Waals surface area contributed by atoms with Crippen LogP contribution in [0, 0.1) is 0 Å². The molecule has 12 aromatic rings. The SMILES string of the molecule is CC(C)(C)c1cc(-c2c3c(c(-c4cc(C(C)(C)C)cc(C(C)(C)C)c4)c4cc(C(C)(C)C)ccc24)-c2ccc4c5c(ccc-3c25)-c2c-4c(-c3ccccc3)c3c(-c4ccccc4)ccc(-c4ccccc4)c3c2-c2ccccc2)cc(C(C)(C)C)c1. The second-order valence-electron chi connectivity index (χ2n) is 30.1. The van der Waals surface area contributed by atoms with Crippen LogP contribution in [0.3, 0.4) is 0 Å². The predicted molar refractivity (Wildman–Crippen MR) is 374 cm³/mol. The van der Waals surface area contributed by atoms with Crippen LogP contribution < -0.4 is 0 Å². The molecule has 0 heterocycles. The van der Waals surface area contributed by atoms with Crippen molar-refractivity contribution in [2.45, 2.75) is 131 Å². The zero-order valence-corrected chi connectivity index (χ0v) is 53.2. The molecular formula is C86H80. The molecule has 0 heteroatoms. The lowest BCUT2D eigenvalue weighted by Crippen LogP contribution is -2.17. The lowest BCUT2D eigenvalue weighted by atomic mass is 9.74. The monoisotopic (exact) mass is 1110 g/mol. The van der Waals surface area contributed by atoms with Gasteiger partial charge in [0.15, 0.2) is 0 Å². The van der Waals surface area contributed by atoms with Gasteiger partial charge in [-0.3, -0.25) is 0 Å². The Morgan fingerprint density at radius 2 is 0.453 bits per heavy atom. The molecule has 0 N–H and O–H groups in total. The minimum Gasteiger partial charge on any atom is -0.0622 e. The molecule has 0 nitrogen and oxygen atoms in total. The molecule has 0 radical (unpaired) electrons. The summed E-state index contributed by atoms with van der Waals surface area (Å²) in [5.41, 5.74) is 31.9. The van der Waals surface area contributed by atoms with Gasteiger partial charge in [-0.25, -0.2) is 0 Å². The van der Waals surface area contributed by atoms with E-state index in [2.05, 4.69) is 316 Å². The van der Waals surface area contributed by atoms with Gasteiger partial charge in [0.2, 0.25) is 0 Å². The van der Waals surface area contributed by atoms with Gasteiger partial charge >= 0.3 is 0 Å². The Morgan fingerprint density at radius 3 is 0.767 bits per heavy atom. The van der Waals surface area contributed by atoms with Crippen LogP contribution in [-0.4, -0.2) is 0 Å². The highest BCUT2D eigenvalue weighted by Gasteiger charge is 2.39. The molecule has 12 aromatic carbocycles. The predicted octanol–water partition coefficient (Wildman–Crippen LogP) is 24.9. The molecule has 0 fully saturated rings. The number of fused-ring (bicyclic) bond motifs is 8. The minimum atomic E-state index is -0.0887. The van der Waals surface area contributed by atoms with Crippen molar-refractivity contribution in [3.63, 3.8) is 0 Å². The van der Waals surface area contributed by atoms with Gasteiger partial charge in [-0.2, -0.15) is 0 Å². The minimum absolute atomic E-state index is 0.0837. The molecule has 0 bridgehead atoms. The molecule has 0 saturated heterocycles. The molecule has 0 unspecified atom stereocenters. The number of benzene rings is 12. The molecule has 0 amide bonds. The molecule has 0 saturated carbocycles. The van der Waals surface area contributed by atoms with Crippen LogP contribution in [0.25, 0.3) is 144 Å². The molecule has 2 aliphatic carbocycles. The molecule has 2 aliphatic rings. The van der Waals surface area contributed by atoms with E-state index in [9.17, 15) is 0 Å². The van der Waals surface area contributed by atoms with Crippen LogP contribution in [0.1, 0.15) is 132 Å². The molecule has 0 atom stereocenters. The van der Waals surface area contributed by atoms with Crippen LogP contribution in [-0.2, 0) is 27.1 Å². The van der Waals surface area contributed by atoms with Crippen molar-refractivity contribution in [3.8, 4) is 111 Å². The molecular weight excluding hydrogens is 1030 g/mol. The third-order valence-corrected chi connectivity index (χ3v) is 19.1. The normalized spacial score (nSPS) is 13.1. The first-order valence-electron chi connectivity index (χ1n) is 31.3. The quantitative estimate of drug-likeness (QED) is 0.156. The van der Waals surface area contributed by atoms with Crippen LogP contribution >= 0.6 is 0 Å². The highest BCUT2D eigenvalue weighted by atomic mass is 14.4. The van der Waals surface area contributed by atoms with Crippen molar-refractivity contribution in [3.05, 3.63) is 240 Å². The van der Waals surface area contributed by atoms with Gasteiger partial charge in [0.25, 0.3) is 0 Å². The average molecular weight is 1110 g/mol. The van der Waals surface area contributed by atoms with Gasteiger partial charge in [0, 0.05) is 0 Å². The Hall–Kier alpha value is -8.58. The van der Waals surface area contributed by atoms with Crippen LogP contribution in [0.4, 0.5) is 0 Å². The smallest absolute Gasteiger partial charge is 0.000717 e. The van der Waals surface area contributed by atoms with Crippen molar-refractivity contribution in [2.75, 3.05) is 0 Å². The van der Waals surface area contributed by atoms with Gasteiger partial charge in [-0.15, -0.1) is 0 Å². The van der Waals surface area contributed by atoms with Crippen molar-refractivity contribution in [1.82, 2.24) is 0 Å². The van der Waals surface area contributed by atoms with E-state index in [-0.39, 0.29) is 27.1 Å². The summed E-state index contributed by atoms with van der Waals surface area (Å²) in [6.07, 6.45) is 0. The van der Waals surface area contributed by atoms with Crippen LogP contribution in [0.2, 0.25) is 0 Å². The van der Waals surface area contributed by atoms with Gasteiger partial charge < -0.3 is 0 Å². The van der Waals surface area contributed by atoms with Gasteiger partial charge in [0.1, 0.15) is 0 Å².